The van der Waals surface area contributed by atoms with Crippen molar-refractivity contribution < 1.29 is 0 Å². The quantitative estimate of drug-likeness (QED) is 0.334. The molecule has 0 bridgehead atoms. The van der Waals surface area contributed by atoms with Gasteiger partial charge in [0.15, 0.2) is 0 Å². The first-order valence-electron chi connectivity index (χ1n) is 9.45. The van der Waals surface area contributed by atoms with Crippen LogP contribution >= 0.6 is 7.53 Å². The molecule has 26 heavy (non-hydrogen) atoms. The molecule has 1 unspecified atom stereocenters. The van der Waals surface area contributed by atoms with Crippen molar-refractivity contribution in [3.63, 3.8) is 0 Å². The van der Waals surface area contributed by atoms with Crippen LogP contribution < -0.4 is 0 Å². The first-order chi connectivity index (χ1) is 12.5. The number of hydrogen-bond acceptors (Lipinski definition) is 0. The van der Waals surface area contributed by atoms with Crippen LogP contribution in [0.2, 0.25) is 19.6 Å². The normalized spacial score (nSPS) is 13.9. The van der Waals surface area contributed by atoms with E-state index in [-0.39, 0.29) is 0 Å². The maximum atomic E-state index is 3.72. The Morgan fingerprint density at radius 2 is 1.42 bits per heavy atom. The Kier molecular flexibility index (Phi) is 4.66. The summed E-state index contributed by atoms with van der Waals surface area (Å²) in [5.41, 5.74) is 8.24. The lowest BCUT2D eigenvalue weighted by Gasteiger charge is -2.11. The summed E-state index contributed by atoms with van der Waals surface area (Å²) in [5.74, 6) is 3.72. The van der Waals surface area contributed by atoms with Gasteiger partial charge in [-0.05, 0) is 41.3 Å². The van der Waals surface area contributed by atoms with Crippen LogP contribution in [0.5, 0.6) is 0 Å². The lowest BCUT2D eigenvalue weighted by molar-refractivity contribution is 0.911. The molecule has 1 aliphatic carbocycles. The van der Waals surface area contributed by atoms with Gasteiger partial charge in [-0.25, -0.2) is 0 Å². The number of rotatable bonds is 2. The summed E-state index contributed by atoms with van der Waals surface area (Å²) in [6, 6.07) is 22.1. The molecule has 0 spiro atoms. The molecule has 2 heteroatoms. The van der Waals surface area contributed by atoms with Gasteiger partial charge in [-0.2, -0.15) is 0 Å². The van der Waals surface area contributed by atoms with Crippen LogP contribution in [-0.4, -0.2) is 8.07 Å². The van der Waals surface area contributed by atoms with Crippen molar-refractivity contribution in [1.29, 1.82) is 0 Å². The van der Waals surface area contributed by atoms with Gasteiger partial charge in [0.2, 0.25) is 0 Å². The molecule has 0 nitrogen and oxygen atoms in total. The van der Waals surface area contributed by atoms with Gasteiger partial charge in [-0.15, -0.1) is 5.54 Å². The van der Waals surface area contributed by atoms with E-state index < -0.39 is 15.6 Å². The maximum absolute atomic E-state index is 3.72. The van der Waals surface area contributed by atoms with E-state index in [2.05, 4.69) is 91.8 Å². The van der Waals surface area contributed by atoms with Gasteiger partial charge in [-0.3, -0.25) is 0 Å². The summed E-state index contributed by atoms with van der Waals surface area (Å²) in [6.07, 6.45) is 3.69. The highest BCUT2D eigenvalue weighted by atomic mass is 31.1. The van der Waals surface area contributed by atoms with Crippen LogP contribution in [0.1, 0.15) is 22.8 Å². The molecular formula is C24H25PSi. The van der Waals surface area contributed by atoms with E-state index in [0.29, 0.717) is 0 Å². The average Bonchev–Trinajstić information content (AvgIpc) is 3.21. The lowest BCUT2D eigenvalue weighted by Crippen LogP contribution is -2.16. The van der Waals surface area contributed by atoms with E-state index in [1.807, 2.05) is 0 Å². The second-order valence-corrected chi connectivity index (χ2v) is 14.9. The summed E-state index contributed by atoms with van der Waals surface area (Å²) in [6.45, 7) is 7.02. The molecule has 2 aromatic carbocycles. The molecule has 4 rings (SSSR count). The van der Waals surface area contributed by atoms with E-state index in [9.17, 15) is 0 Å². The average molecular weight is 373 g/mol. The van der Waals surface area contributed by atoms with Crippen molar-refractivity contribution in [1.82, 2.24) is 0 Å². The molecule has 0 N–H and O–H groups in total. The maximum Gasteiger partial charge on any atom is 0.129 e. The fraction of sp³-hybridized carbons (Fsp3) is 0.250. The van der Waals surface area contributed by atoms with E-state index in [4.69, 9.17) is 0 Å². The summed E-state index contributed by atoms with van der Waals surface area (Å²) in [5, 5.41) is 4.45. The van der Waals surface area contributed by atoms with E-state index in [1.165, 1.54) is 35.4 Å². The van der Waals surface area contributed by atoms with E-state index in [1.54, 1.807) is 16.4 Å². The van der Waals surface area contributed by atoms with E-state index in [0.717, 1.165) is 0 Å². The lowest BCUT2D eigenvalue weighted by atomic mass is 10.1. The van der Waals surface area contributed by atoms with Crippen molar-refractivity contribution in [3.8, 4) is 27.6 Å². The Labute approximate surface area is 159 Å². The minimum absolute atomic E-state index is 0.522. The Morgan fingerprint density at radius 1 is 0.808 bits per heavy atom. The minimum atomic E-state index is -1.40. The molecule has 3 aromatic rings. The third-order valence-electron chi connectivity index (χ3n) is 4.85. The molecule has 0 aliphatic heterocycles. The fourth-order valence-corrected chi connectivity index (χ4v) is 7.18. The molecule has 1 atom stereocenters. The summed E-state index contributed by atoms with van der Waals surface area (Å²) < 4.78 is 0. The van der Waals surface area contributed by atoms with E-state index >= 15 is 0 Å². The summed E-state index contributed by atoms with van der Waals surface area (Å²) in [4.78, 5) is 0. The number of fused-ring (bicyclic) bond motifs is 1. The molecule has 0 saturated heterocycles. The molecule has 0 amide bonds. The second-order valence-electron chi connectivity index (χ2n) is 8.04. The van der Waals surface area contributed by atoms with Crippen molar-refractivity contribution in [2.45, 2.75) is 38.9 Å². The monoisotopic (exact) mass is 372 g/mol. The molecule has 0 saturated carbocycles. The fourth-order valence-electron chi connectivity index (χ4n) is 3.76. The zero-order chi connectivity index (χ0) is 18.1. The highest BCUT2D eigenvalue weighted by Gasteiger charge is 2.27. The molecule has 130 valence electrons. The van der Waals surface area contributed by atoms with Gasteiger partial charge >= 0.3 is 0 Å². The third-order valence-corrected chi connectivity index (χ3v) is 8.35. The largest absolute Gasteiger partial charge is 0.129 e. The van der Waals surface area contributed by atoms with Gasteiger partial charge in [0.1, 0.15) is 8.07 Å². The van der Waals surface area contributed by atoms with Crippen LogP contribution in [0.3, 0.4) is 0 Å². The molecule has 1 aliphatic rings. The molecule has 1 heterocycles. The molecule has 0 radical (unpaired) electrons. The SMILES string of the molecule is C[Si](C)(C)C#Cc1c2c(c(-c3ccccc3)p1-c1ccccc1)CCC2. The summed E-state index contributed by atoms with van der Waals surface area (Å²) >= 11 is 0. The smallest absolute Gasteiger partial charge is 0.126 e. The topological polar surface area (TPSA) is 0 Å². The van der Waals surface area contributed by atoms with Crippen LogP contribution in [0.25, 0.3) is 16.2 Å². The zero-order valence-electron chi connectivity index (χ0n) is 15.8. The predicted octanol–water partition coefficient (Wildman–Crippen LogP) is 7.05. The Morgan fingerprint density at radius 3 is 2.08 bits per heavy atom. The van der Waals surface area contributed by atoms with Crippen molar-refractivity contribution in [2.75, 3.05) is 0 Å². The highest BCUT2D eigenvalue weighted by Crippen LogP contribution is 2.58. The van der Waals surface area contributed by atoms with Crippen molar-refractivity contribution in [2.24, 2.45) is 0 Å². The predicted molar refractivity (Wildman–Crippen MR) is 118 cm³/mol. The van der Waals surface area contributed by atoms with Crippen molar-refractivity contribution >= 4 is 15.6 Å². The Bertz CT molecular complexity index is 980. The standard InChI is InChI=1S/C24H25PSi/c1-26(2,3)18-17-23-21-15-10-16-22(21)24(19-11-6-4-7-12-19)25(23)20-13-8-5-9-14-20/h4-9,11-14H,10,15-16H2,1-3H3. The van der Waals surface area contributed by atoms with Gasteiger partial charge in [0.05, 0.1) is 5.30 Å². The third kappa shape index (κ3) is 3.33. The Hall–Kier alpha value is -2.00. The van der Waals surface area contributed by atoms with Gasteiger partial charge < -0.3 is 0 Å². The highest BCUT2D eigenvalue weighted by molar-refractivity contribution is 7.61. The number of benzene rings is 2. The first-order valence-corrected chi connectivity index (χ1v) is 14.3. The van der Waals surface area contributed by atoms with Crippen LogP contribution in [0, 0.1) is 11.5 Å². The van der Waals surface area contributed by atoms with Crippen LogP contribution in [0.4, 0.5) is 0 Å². The van der Waals surface area contributed by atoms with Gasteiger partial charge in [0, 0.05) is 5.30 Å². The van der Waals surface area contributed by atoms with Gasteiger partial charge in [0.25, 0.3) is 0 Å². The summed E-state index contributed by atoms with van der Waals surface area (Å²) in [7, 11) is -1.93. The van der Waals surface area contributed by atoms with Crippen molar-refractivity contribution in [3.05, 3.63) is 77.1 Å². The molecule has 1 aromatic heterocycles. The molecular weight excluding hydrogens is 347 g/mol. The molecule has 0 fully saturated rings. The zero-order valence-corrected chi connectivity index (χ0v) is 17.7. The van der Waals surface area contributed by atoms with Crippen LogP contribution in [0.15, 0.2) is 60.7 Å². The second kappa shape index (κ2) is 6.96. The van der Waals surface area contributed by atoms with Gasteiger partial charge in [-0.1, -0.05) is 93.8 Å². The Balaban J connectivity index is 2.04. The van der Waals surface area contributed by atoms with Crippen LogP contribution in [-0.2, 0) is 12.8 Å². The first kappa shape index (κ1) is 17.4. The number of hydrogen-bond donors (Lipinski definition) is 0. The minimum Gasteiger partial charge on any atom is -0.126 e.